The topological polar surface area (TPSA) is 61.5 Å². The van der Waals surface area contributed by atoms with Crippen molar-refractivity contribution in [1.29, 1.82) is 0 Å². The van der Waals surface area contributed by atoms with Gasteiger partial charge in [0.2, 0.25) is 5.91 Å². The first-order valence-electron chi connectivity index (χ1n) is 8.55. The standard InChI is InChI=1S/C17H28N4O2/c1-17(2,12-23-3)21-8-6-20(7-9-21)16(22)13-4-5-15-14(10-13)11-18-19-15/h11,13H,4-10,12H2,1-3H3,(H,18,19). The average molecular weight is 320 g/mol. The van der Waals surface area contributed by atoms with E-state index in [0.717, 1.165) is 45.4 Å². The normalized spacial score (nSPS) is 22.9. The Hall–Kier alpha value is -1.40. The van der Waals surface area contributed by atoms with E-state index in [2.05, 4.69) is 33.8 Å². The van der Waals surface area contributed by atoms with Gasteiger partial charge in [0.25, 0.3) is 0 Å². The number of aryl methyl sites for hydroxylation is 1. The van der Waals surface area contributed by atoms with Crippen LogP contribution in [0.4, 0.5) is 0 Å². The number of methoxy groups -OCH3 is 1. The van der Waals surface area contributed by atoms with Gasteiger partial charge in [0.05, 0.1) is 12.8 Å². The Labute approximate surface area is 138 Å². The van der Waals surface area contributed by atoms with Crippen LogP contribution in [0.25, 0.3) is 0 Å². The average Bonchev–Trinajstić information content (AvgIpc) is 3.02. The van der Waals surface area contributed by atoms with E-state index in [1.165, 1.54) is 11.3 Å². The molecule has 1 N–H and O–H groups in total. The molecule has 6 heteroatoms. The maximum atomic E-state index is 12.8. The highest BCUT2D eigenvalue weighted by Crippen LogP contribution is 2.26. The fourth-order valence-electron chi connectivity index (χ4n) is 3.86. The van der Waals surface area contributed by atoms with Crippen molar-refractivity contribution in [3.8, 4) is 0 Å². The van der Waals surface area contributed by atoms with Crippen molar-refractivity contribution in [1.82, 2.24) is 20.0 Å². The summed E-state index contributed by atoms with van der Waals surface area (Å²) in [6.45, 7) is 8.61. The number of nitrogens with zero attached hydrogens (tertiary/aromatic N) is 3. The van der Waals surface area contributed by atoms with Crippen LogP contribution in [0.15, 0.2) is 6.20 Å². The van der Waals surface area contributed by atoms with Crippen LogP contribution in [0.5, 0.6) is 0 Å². The first-order chi connectivity index (χ1) is 11.0. The minimum Gasteiger partial charge on any atom is -0.383 e. The van der Waals surface area contributed by atoms with Gasteiger partial charge >= 0.3 is 0 Å². The molecule has 128 valence electrons. The van der Waals surface area contributed by atoms with Crippen LogP contribution in [0.3, 0.4) is 0 Å². The van der Waals surface area contributed by atoms with E-state index in [1.807, 2.05) is 6.20 Å². The molecule has 1 aliphatic carbocycles. The monoisotopic (exact) mass is 320 g/mol. The van der Waals surface area contributed by atoms with Crippen LogP contribution in [-0.4, -0.2) is 71.3 Å². The Morgan fingerprint density at radius 3 is 2.83 bits per heavy atom. The Bertz CT molecular complexity index is 547. The quantitative estimate of drug-likeness (QED) is 0.902. The van der Waals surface area contributed by atoms with Crippen molar-refractivity contribution in [2.24, 2.45) is 5.92 Å². The first-order valence-corrected chi connectivity index (χ1v) is 8.55. The summed E-state index contributed by atoms with van der Waals surface area (Å²) in [5.41, 5.74) is 2.45. The molecular formula is C17H28N4O2. The Balaban J connectivity index is 1.55. The van der Waals surface area contributed by atoms with Crippen molar-refractivity contribution in [3.05, 3.63) is 17.5 Å². The van der Waals surface area contributed by atoms with Gasteiger partial charge in [0, 0.05) is 50.4 Å². The van der Waals surface area contributed by atoms with Crippen molar-refractivity contribution in [3.63, 3.8) is 0 Å². The van der Waals surface area contributed by atoms with Gasteiger partial charge in [-0.15, -0.1) is 0 Å². The van der Waals surface area contributed by atoms with Gasteiger partial charge in [-0.2, -0.15) is 5.10 Å². The van der Waals surface area contributed by atoms with E-state index in [4.69, 9.17) is 4.74 Å². The number of piperazine rings is 1. The van der Waals surface area contributed by atoms with Crippen molar-refractivity contribution >= 4 is 5.91 Å². The van der Waals surface area contributed by atoms with Gasteiger partial charge in [-0.3, -0.25) is 14.8 Å². The summed E-state index contributed by atoms with van der Waals surface area (Å²) in [5, 5.41) is 7.13. The van der Waals surface area contributed by atoms with Crippen LogP contribution in [0, 0.1) is 5.92 Å². The van der Waals surface area contributed by atoms with Crippen molar-refractivity contribution in [2.45, 2.75) is 38.6 Å². The molecule has 1 amide bonds. The number of amides is 1. The summed E-state index contributed by atoms with van der Waals surface area (Å²) < 4.78 is 5.32. The van der Waals surface area contributed by atoms with Crippen molar-refractivity contribution in [2.75, 3.05) is 39.9 Å². The van der Waals surface area contributed by atoms with E-state index >= 15 is 0 Å². The third-order valence-corrected chi connectivity index (χ3v) is 5.31. The summed E-state index contributed by atoms with van der Waals surface area (Å²) in [6.07, 6.45) is 4.58. The van der Waals surface area contributed by atoms with E-state index < -0.39 is 0 Å². The first kappa shape index (κ1) is 16.5. The Morgan fingerprint density at radius 2 is 2.13 bits per heavy atom. The highest BCUT2D eigenvalue weighted by atomic mass is 16.5. The molecule has 1 saturated heterocycles. The molecule has 0 saturated carbocycles. The van der Waals surface area contributed by atoms with Gasteiger partial charge < -0.3 is 9.64 Å². The van der Waals surface area contributed by atoms with E-state index in [1.54, 1.807) is 7.11 Å². The van der Waals surface area contributed by atoms with Crippen LogP contribution < -0.4 is 0 Å². The highest BCUT2D eigenvalue weighted by molar-refractivity contribution is 5.79. The molecule has 23 heavy (non-hydrogen) atoms. The molecule has 1 fully saturated rings. The number of carbonyl (C=O) groups excluding carboxylic acids is 1. The van der Waals surface area contributed by atoms with Crippen LogP contribution in [0.2, 0.25) is 0 Å². The van der Waals surface area contributed by atoms with Crippen molar-refractivity contribution < 1.29 is 9.53 Å². The summed E-state index contributed by atoms with van der Waals surface area (Å²) in [5.74, 6) is 0.444. The van der Waals surface area contributed by atoms with Gasteiger partial charge in [0.15, 0.2) is 0 Å². The van der Waals surface area contributed by atoms with E-state index in [0.29, 0.717) is 12.5 Å². The number of nitrogens with one attached hydrogen (secondary N) is 1. The summed E-state index contributed by atoms with van der Waals surface area (Å²) >= 11 is 0. The molecule has 1 aromatic heterocycles. The number of hydrogen-bond acceptors (Lipinski definition) is 4. The molecule has 1 atom stereocenters. The molecule has 0 spiro atoms. The smallest absolute Gasteiger partial charge is 0.226 e. The maximum Gasteiger partial charge on any atom is 0.226 e. The van der Waals surface area contributed by atoms with Gasteiger partial charge in [-0.1, -0.05) is 0 Å². The SMILES string of the molecule is COCC(C)(C)N1CCN(C(=O)C2CCc3[nH]ncc3C2)CC1. The number of hydrogen-bond donors (Lipinski definition) is 1. The number of H-pyrrole nitrogens is 1. The number of aromatic amines is 1. The molecular weight excluding hydrogens is 292 g/mol. The molecule has 1 aliphatic heterocycles. The molecule has 2 heterocycles. The molecule has 0 bridgehead atoms. The number of carbonyl (C=O) groups is 1. The lowest BCUT2D eigenvalue weighted by atomic mass is 9.86. The Morgan fingerprint density at radius 1 is 1.39 bits per heavy atom. The molecule has 6 nitrogen and oxygen atoms in total. The number of aromatic nitrogens is 2. The van der Waals surface area contributed by atoms with Gasteiger partial charge in [-0.25, -0.2) is 0 Å². The maximum absolute atomic E-state index is 12.8. The molecule has 2 aliphatic rings. The summed E-state index contributed by atoms with van der Waals surface area (Å²) in [4.78, 5) is 17.3. The van der Waals surface area contributed by atoms with Gasteiger partial charge in [0.1, 0.15) is 0 Å². The number of ether oxygens (including phenoxy) is 1. The van der Waals surface area contributed by atoms with Crippen LogP contribution in [0.1, 0.15) is 31.5 Å². The third kappa shape index (κ3) is 3.43. The summed E-state index contributed by atoms with van der Waals surface area (Å²) in [6, 6.07) is 0. The van der Waals surface area contributed by atoms with Crippen LogP contribution in [-0.2, 0) is 22.4 Å². The zero-order valence-corrected chi connectivity index (χ0v) is 14.5. The Kier molecular flexibility index (Phi) is 4.73. The third-order valence-electron chi connectivity index (χ3n) is 5.31. The summed E-state index contributed by atoms with van der Waals surface area (Å²) in [7, 11) is 1.74. The predicted octanol–water partition coefficient (Wildman–Crippen LogP) is 1.08. The second kappa shape index (κ2) is 6.61. The lowest BCUT2D eigenvalue weighted by molar-refractivity contribution is -0.138. The fourth-order valence-corrected chi connectivity index (χ4v) is 3.86. The largest absolute Gasteiger partial charge is 0.383 e. The number of fused-ring (bicyclic) bond motifs is 1. The van der Waals surface area contributed by atoms with Gasteiger partial charge in [-0.05, 0) is 38.7 Å². The van der Waals surface area contributed by atoms with E-state index in [-0.39, 0.29) is 11.5 Å². The highest BCUT2D eigenvalue weighted by Gasteiger charge is 2.34. The minimum absolute atomic E-state index is 0.0282. The molecule has 3 rings (SSSR count). The molecule has 1 aromatic rings. The lowest BCUT2D eigenvalue weighted by Crippen LogP contribution is -2.58. The zero-order chi connectivity index (χ0) is 16.4. The molecule has 0 radical (unpaired) electrons. The number of rotatable bonds is 4. The predicted molar refractivity (Wildman–Crippen MR) is 88.2 cm³/mol. The minimum atomic E-state index is 0.0282. The second-order valence-corrected chi connectivity index (χ2v) is 7.37. The molecule has 1 unspecified atom stereocenters. The van der Waals surface area contributed by atoms with Crippen LogP contribution >= 0.6 is 0 Å². The lowest BCUT2D eigenvalue weighted by Gasteiger charge is -2.44. The second-order valence-electron chi connectivity index (χ2n) is 7.37. The fraction of sp³-hybridized carbons (Fsp3) is 0.765. The van der Waals surface area contributed by atoms with E-state index in [9.17, 15) is 4.79 Å². The zero-order valence-electron chi connectivity index (χ0n) is 14.5. The molecule has 0 aromatic carbocycles.